The van der Waals surface area contributed by atoms with Crippen molar-refractivity contribution in [2.75, 3.05) is 23.7 Å². The van der Waals surface area contributed by atoms with Crippen LogP contribution in [0.15, 0.2) is 36.5 Å². The predicted octanol–water partition coefficient (Wildman–Crippen LogP) is 3.17. The van der Waals surface area contributed by atoms with Crippen molar-refractivity contribution in [2.45, 2.75) is 19.3 Å². The number of hydrogen-bond acceptors (Lipinski definition) is 4. The number of piperidine rings is 1. The summed E-state index contributed by atoms with van der Waals surface area (Å²) in [6, 6.07) is 10.7. The van der Waals surface area contributed by atoms with Crippen molar-refractivity contribution >= 4 is 23.4 Å². The molecule has 0 aliphatic carbocycles. The molecule has 1 saturated heterocycles. The largest absolute Gasteiger partial charge is 0.368 e. The molecule has 0 unspecified atom stereocenters. The summed E-state index contributed by atoms with van der Waals surface area (Å²) < 4.78 is 0. The van der Waals surface area contributed by atoms with Crippen molar-refractivity contribution in [3.63, 3.8) is 0 Å². The van der Waals surface area contributed by atoms with Gasteiger partial charge in [-0.25, -0.2) is 4.98 Å². The van der Waals surface area contributed by atoms with Crippen molar-refractivity contribution in [2.24, 2.45) is 5.92 Å². The van der Waals surface area contributed by atoms with Crippen LogP contribution in [0, 0.1) is 5.92 Å². The lowest BCUT2D eigenvalue weighted by atomic mass is 9.90. The van der Waals surface area contributed by atoms with E-state index in [1.165, 1.54) is 5.56 Å². The zero-order chi connectivity index (χ0) is 14.7. The molecular formula is C16H19ClN4. The highest BCUT2D eigenvalue weighted by molar-refractivity contribution is 6.32. The Kier molecular flexibility index (Phi) is 4.25. The van der Waals surface area contributed by atoms with Gasteiger partial charge < -0.3 is 10.6 Å². The van der Waals surface area contributed by atoms with Gasteiger partial charge in [0.25, 0.3) is 0 Å². The molecule has 110 valence electrons. The first-order chi connectivity index (χ1) is 10.2. The fourth-order valence-corrected chi connectivity index (χ4v) is 3.10. The maximum atomic E-state index is 6.17. The van der Waals surface area contributed by atoms with Gasteiger partial charge in [0.2, 0.25) is 5.95 Å². The Morgan fingerprint density at radius 1 is 1.19 bits per heavy atom. The average Bonchev–Trinajstić information content (AvgIpc) is 2.52. The van der Waals surface area contributed by atoms with Crippen molar-refractivity contribution in [1.29, 1.82) is 0 Å². The number of rotatable bonds is 3. The quantitative estimate of drug-likeness (QED) is 0.946. The van der Waals surface area contributed by atoms with Crippen LogP contribution in [-0.2, 0) is 6.42 Å². The summed E-state index contributed by atoms with van der Waals surface area (Å²) in [5, 5.41) is 0.575. The molecule has 1 aliphatic rings. The minimum atomic E-state index is 0.279. The van der Waals surface area contributed by atoms with Gasteiger partial charge in [-0.15, -0.1) is 0 Å². The lowest BCUT2D eigenvalue weighted by Crippen LogP contribution is -2.35. The lowest BCUT2D eigenvalue weighted by Gasteiger charge is -2.33. The number of benzene rings is 1. The number of aromatic nitrogens is 2. The lowest BCUT2D eigenvalue weighted by molar-refractivity contribution is 0.402. The van der Waals surface area contributed by atoms with E-state index >= 15 is 0 Å². The first-order valence-electron chi connectivity index (χ1n) is 7.29. The van der Waals surface area contributed by atoms with E-state index in [9.17, 15) is 0 Å². The smallest absolute Gasteiger partial charge is 0.222 e. The van der Waals surface area contributed by atoms with Crippen LogP contribution in [0.4, 0.5) is 11.8 Å². The van der Waals surface area contributed by atoms with Crippen molar-refractivity contribution in [3.8, 4) is 0 Å². The first-order valence-corrected chi connectivity index (χ1v) is 7.67. The van der Waals surface area contributed by atoms with Crippen LogP contribution in [0.3, 0.4) is 0 Å². The topological polar surface area (TPSA) is 55.0 Å². The van der Waals surface area contributed by atoms with Gasteiger partial charge in [-0.3, -0.25) is 0 Å². The first kappa shape index (κ1) is 14.1. The standard InChI is InChI=1S/C16H19ClN4/c17-14-11-19-16(18)20-15(14)21-8-6-13(7-9-21)10-12-4-2-1-3-5-12/h1-5,11,13H,6-10H2,(H2,18,19,20). The molecule has 1 aliphatic heterocycles. The molecule has 0 saturated carbocycles. The molecule has 2 heterocycles. The third kappa shape index (κ3) is 3.45. The second kappa shape index (κ2) is 6.31. The molecule has 1 aromatic heterocycles. The van der Waals surface area contributed by atoms with Gasteiger partial charge in [-0.2, -0.15) is 4.98 Å². The van der Waals surface area contributed by atoms with Crippen LogP contribution in [0.25, 0.3) is 0 Å². The van der Waals surface area contributed by atoms with E-state index in [0.717, 1.165) is 44.1 Å². The third-order valence-electron chi connectivity index (χ3n) is 4.03. The summed E-state index contributed by atoms with van der Waals surface area (Å²) in [6.07, 6.45) is 5.02. The second-order valence-corrected chi connectivity index (χ2v) is 5.93. The van der Waals surface area contributed by atoms with Crippen LogP contribution >= 0.6 is 11.6 Å². The number of nitrogens with two attached hydrogens (primary N) is 1. The van der Waals surface area contributed by atoms with E-state index in [2.05, 4.69) is 45.2 Å². The highest BCUT2D eigenvalue weighted by Crippen LogP contribution is 2.29. The zero-order valence-corrected chi connectivity index (χ0v) is 12.6. The van der Waals surface area contributed by atoms with Gasteiger partial charge in [0.1, 0.15) is 5.02 Å². The minimum Gasteiger partial charge on any atom is -0.368 e. The zero-order valence-electron chi connectivity index (χ0n) is 11.9. The van der Waals surface area contributed by atoms with E-state index in [1.54, 1.807) is 6.20 Å². The molecular weight excluding hydrogens is 284 g/mol. The molecule has 0 bridgehead atoms. The molecule has 1 aromatic carbocycles. The normalized spacial score (nSPS) is 16.1. The molecule has 0 spiro atoms. The van der Waals surface area contributed by atoms with Gasteiger partial charge in [-0.05, 0) is 30.7 Å². The van der Waals surface area contributed by atoms with Crippen LogP contribution in [0.1, 0.15) is 18.4 Å². The molecule has 3 rings (SSSR count). The number of halogens is 1. The van der Waals surface area contributed by atoms with Crippen molar-refractivity contribution in [3.05, 3.63) is 47.1 Å². The Balaban J connectivity index is 1.61. The molecule has 0 amide bonds. The predicted molar refractivity (Wildman–Crippen MR) is 86.5 cm³/mol. The SMILES string of the molecule is Nc1ncc(Cl)c(N2CCC(Cc3ccccc3)CC2)n1. The van der Waals surface area contributed by atoms with E-state index in [0.29, 0.717) is 5.02 Å². The molecule has 4 nitrogen and oxygen atoms in total. The van der Waals surface area contributed by atoms with Gasteiger partial charge in [-0.1, -0.05) is 41.9 Å². The van der Waals surface area contributed by atoms with E-state index in [-0.39, 0.29) is 5.95 Å². The highest BCUT2D eigenvalue weighted by Gasteiger charge is 2.22. The second-order valence-electron chi connectivity index (χ2n) is 5.52. The number of hydrogen-bond donors (Lipinski definition) is 1. The molecule has 5 heteroatoms. The summed E-state index contributed by atoms with van der Waals surface area (Å²) in [5.41, 5.74) is 7.07. The van der Waals surface area contributed by atoms with Crippen LogP contribution in [0.5, 0.6) is 0 Å². The Morgan fingerprint density at radius 2 is 1.90 bits per heavy atom. The Hall–Kier alpha value is -1.81. The summed E-state index contributed by atoms with van der Waals surface area (Å²) in [7, 11) is 0. The molecule has 0 radical (unpaired) electrons. The van der Waals surface area contributed by atoms with Crippen molar-refractivity contribution in [1.82, 2.24) is 9.97 Å². The Bertz CT molecular complexity index is 594. The Morgan fingerprint density at radius 3 is 2.62 bits per heavy atom. The maximum absolute atomic E-state index is 6.17. The minimum absolute atomic E-state index is 0.279. The summed E-state index contributed by atoms with van der Waals surface area (Å²) in [5.74, 6) is 1.77. The van der Waals surface area contributed by atoms with Crippen LogP contribution in [0.2, 0.25) is 5.02 Å². The maximum Gasteiger partial charge on any atom is 0.222 e. The monoisotopic (exact) mass is 302 g/mol. The van der Waals surface area contributed by atoms with Gasteiger partial charge in [0.15, 0.2) is 5.82 Å². The summed E-state index contributed by atoms with van der Waals surface area (Å²) in [6.45, 7) is 1.93. The third-order valence-corrected chi connectivity index (χ3v) is 4.29. The fourth-order valence-electron chi connectivity index (χ4n) is 2.89. The van der Waals surface area contributed by atoms with Gasteiger partial charge in [0, 0.05) is 13.1 Å². The Labute approximate surface area is 130 Å². The number of nitrogen functional groups attached to an aromatic ring is 1. The average molecular weight is 303 g/mol. The summed E-state index contributed by atoms with van der Waals surface area (Å²) >= 11 is 6.17. The van der Waals surface area contributed by atoms with E-state index < -0.39 is 0 Å². The molecule has 21 heavy (non-hydrogen) atoms. The molecule has 2 N–H and O–H groups in total. The highest BCUT2D eigenvalue weighted by atomic mass is 35.5. The van der Waals surface area contributed by atoms with Crippen LogP contribution < -0.4 is 10.6 Å². The van der Waals surface area contributed by atoms with E-state index in [4.69, 9.17) is 17.3 Å². The summed E-state index contributed by atoms with van der Waals surface area (Å²) in [4.78, 5) is 10.4. The fraction of sp³-hybridized carbons (Fsp3) is 0.375. The molecule has 0 atom stereocenters. The van der Waals surface area contributed by atoms with Crippen molar-refractivity contribution < 1.29 is 0 Å². The van der Waals surface area contributed by atoms with Gasteiger partial charge in [0.05, 0.1) is 6.20 Å². The van der Waals surface area contributed by atoms with E-state index in [1.807, 2.05) is 0 Å². The molecule has 2 aromatic rings. The number of anilines is 2. The van der Waals surface area contributed by atoms with Crippen LogP contribution in [-0.4, -0.2) is 23.1 Å². The molecule has 1 fully saturated rings. The number of nitrogens with zero attached hydrogens (tertiary/aromatic N) is 3. The van der Waals surface area contributed by atoms with Gasteiger partial charge >= 0.3 is 0 Å².